The van der Waals surface area contributed by atoms with Gasteiger partial charge in [-0.1, -0.05) is 6.07 Å². The summed E-state index contributed by atoms with van der Waals surface area (Å²) in [4.78, 5) is 19.6. The predicted octanol–water partition coefficient (Wildman–Crippen LogP) is 2.46. The van der Waals surface area contributed by atoms with Gasteiger partial charge in [-0.15, -0.1) is 10.2 Å². The smallest absolute Gasteiger partial charge is 0.293 e. The van der Waals surface area contributed by atoms with Gasteiger partial charge in [-0.2, -0.15) is 0 Å². The fourth-order valence-corrected chi connectivity index (χ4v) is 4.13. The Morgan fingerprint density at radius 3 is 2.71 bits per heavy atom. The topological polar surface area (TPSA) is 134 Å². The maximum absolute atomic E-state index is 12.9. The van der Waals surface area contributed by atoms with E-state index in [1.165, 1.54) is 24.2 Å². The summed E-state index contributed by atoms with van der Waals surface area (Å²) in [5, 5.41) is 17.2. The van der Waals surface area contributed by atoms with Crippen LogP contribution in [-0.4, -0.2) is 37.0 Å². The number of hydrogen-bond donors (Lipinski definition) is 1. The van der Waals surface area contributed by atoms with E-state index < -0.39 is 20.7 Å². The number of aromatic nitrogens is 2. The van der Waals surface area contributed by atoms with Crippen molar-refractivity contribution in [1.29, 1.82) is 0 Å². The van der Waals surface area contributed by atoms with Crippen LogP contribution in [0, 0.1) is 13.8 Å². The molecule has 3 rings (SSSR count). The molecule has 146 valence electrons. The maximum Gasteiger partial charge on any atom is 0.293 e. The van der Waals surface area contributed by atoms with Crippen LogP contribution in [0.25, 0.3) is 0 Å². The van der Waals surface area contributed by atoms with Gasteiger partial charge in [-0.3, -0.25) is 4.79 Å². The van der Waals surface area contributed by atoms with Crippen LogP contribution in [0.4, 0.5) is 11.6 Å². The van der Waals surface area contributed by atoms with Gasteiger partial charge < -0.3 is 14.7 Å². The number of nitrogens with zero attached hydrogens (tertiary/aromatic N) is 5. The first-order valence-electron chi connectivity index (χ1n) is 8.08. The standard InChI is InChI=1S/C17H17N5O5S/c1-10-4-5-13-14(6-10)28(25,26)15(16(24)22(13)3)20-21-17-18-7-12(8-27-9-23)11(2)19-17/h4-7,9,24H,8H2,1-3H3. The molecule has 2 heterocycles. The van der Waals surface area contributed by atoms with Gasteiger partial charge >= 0.3 is 0 Å². The van der Waals surface area contributed by atoms with Gasteiger partial charge in [0.2, 0.25) is 20.7 Å². The number of anilines is 1. The van der Waals surface area contributed by atoms with Crippen LogP contribution in [0.15, 0.2) is 50.4 Å². The lowest BCUT2D eigenvalue weighted by Gasteiger charge is -2.26. The average Bonchev–Trinajstić information content (AvgIpc) is 2.65. The first-order chi connectivity index (χ1) is 13.3. The number of benzene rings is 1. The van der Waals surface area contributed by atoms with Gasteiger partial charge in [0.1, 0.15) is 6.61 Å². The minimum Gasteiger partial charge on any atom is -0.492 e. The first-order valence-corrected chi connectivity index (χ1v) is 9.56. The Bertz CT molecular complexity index is 1110. The number of aryl methyl sites for hydroxylation is 2. The van der Waals surface area contributed by atoms with Crippen LogP contribution in [0.1, 0.15) is 16.8 Å². The molecule has 0 amide bonds. The zero-order valence-electron chi connectivity index (χ0n) is 15.3. The number of rotatable bonds is 5. The van der Waals surface area contributed by atoms with E-state index in [9.17, 15) is 18.3 Å². The van der Waals surface area contributed by atoms with E-state index in [0.29, 0.717) is 23.4 Å². The SMILES string of the molecule is Cc1ccc2c(c1)S(=O)(=O)C(N=Nc1ncc(COC=O)c(C)n1)=C(O)N2C. The Hall–Kier alpha value is -3.34. The van der Waals surface area contributed by atoms with E-state index in [4.69, 9.17) is 0 Å². The van der Waals surface area contributed by atoms with Crippen molar-refractivity contribution in [1.82, 2.24) is 9.97 Å². The molecule has 0 spiro atoms. The average molecular weight is 403 g/mol. The summed E-state index contributed by atoms with van der Waals surface area (Å²) in [6, 6.07) is 4.86. The lowest BCUT2D eigenvalue weighted by atomic mass is 10.2. The van der Waals surface area contributed by atoms with Crippen molar-refractivity contribution in [2.75, 3.05) is 11.9 Å². The van der Waals surface area contributed by atoms with Gasteiger partial charge in [-0.25, -0.2) is 18.4 Å². The molecular weight excluding hydrogens is 386 g/mol. The summed E-state index contributed by atoms with van der Waals surface area (Å²) < 4.78 is 30.4. The highest BCUT2D eigenvalue weighted by Gasteiger charge is 2.36. The van der Waals surface area contributed by atoms with Gasteiger partial charge in [0.15, 0.2) is 0 Å². The van der Waals surface area contributed by atoms with Crippen molar-refractivity contribution in [3.05, 3.63) is 52.1 Å². The van der Waals surface area contributed by atoms with Crippen LogP contribution in [-0.2, 0) is 26.0 Å². The number of hydrogen-bond acceptors (Lipinski definition) is 10. The molecule has 0 atom stereocenters. The van der Waals surface area contributed by atoms with Crippen LogP contribution in [0.5, 0.6) is 0 Å². The van der Waals surface area contributed by atoms with Gasteiger partial charge in [0, 0.05) is 24.5 Å². The molecule has 28 heavy (non-hydrogen) atoms. The third-order valence-corrected chi connectivity index (χ3v) is 5.81. The molecule has 2 aromatic rings. The Kier molecular flexibility index (Phi) is 5.10. The van der Waals surface area contributed by atoms with Crippen LogP contribution >= 0.6 is 0 Å². The number of aliphatic hydroxyl groups excluding tert-OH is 1. The van der Waals surface area contributed by atoms with Crippen LogP contribution < -0.4 is 4.90 Å². The molecule has 0 aliphatic carbocycles. The fourth-order valence-electron chi connectivity index (χ4n) is 2.58. The number of carbonyl (C=O) groups is 1. The van der Waals surface area contributed by atoms with Crippen molar-refractivity contribution in [2.24, 2.45) is 10.2 Å². The van der Waals surface area contributed by atoms with Gasteiger partial charge in [-0.05, 0) is 31.5 Å². The summed E-state index contributed by atoms with van der Waals surface area (Å²) in [5.41, 5.74) is 2.16. The third-order valence-electron chi connectivity index (χ3n) is 4.14. The monoisotopic (exact) mass is 403 g/mol. The molecule has 0 unspecified atom stereocenters. The molecule has 1 aromatic carbocycles. The highest BCUT2D eigenvalue weighted by Crippen LogP contribution is 2.38. The number of ether oxygens (including phenoxy) is 1. The number of fused-ring (bicyclic) bond motifs is 1. The second-order valence-corrected chi connectivity index (χ2v) is 7.88. The summed E-state index contributed by atoms with van der Waals surface area (Å²) in [6.07, 6.45) is 1.40. The fraction of sp³-hybridized carbons (Fsp3) is 0.235. The second-order valence-electron chi connectivity index (χ2n) is 6.05. The van der Waals surface area contributed by atoms with Crippen molar-refractivity contribution < 1.29 is 23.1 Å². The zero-order chi connectivity index (χ0) is 20.5. The summed E-state index contributed by atoms with van der Waals surface area (Å²) in [7, 11) is -2.55. The summed E-state index contributed by atoms with van der Waals surface area (Å²) in [5.74, 6) is -0.645. The maximum atomic E-state index is 12.9. The van der Waals surface area contributed by atoms with E-state index in [1.54, 1.807) is 26.0 Å². The Balaban J connectivity index is 1.98. The van der Waals surface area contributed by atoms with Gasteiger partial charge in [0.05, 0.1) is 10.6 Å². The minimum absolute atomic E-state index is 0.00794. The lowest BCUT2D eigenvalue weighted by molar-refractivity contribution is -0.129. The predicted molar refractivity (Wildman–Crippen MR) is 98.6 cm³/mol. The summed E-state index contributed by atoms with van der Waals surface area (Å²) in [6.45, 7) is 3.74. The molecule has 10 nitrogen and oxygen atoms in total. The largest absolute Gasteiger partial charge is 0.492 e. The number of azo groups is 1. The van der Waals surface area contributed by atoms with Crippen LogP contribution in [0.2, 0.25) is 0 Å². The molecule has 0 fully saturated rings. The third kappa shape index (κ3) is 3.43. The number of sulfone groups is 1. The van der Waals surface area contributed by atoms with E-state index in [0.717, 1.165) is 5.56 Å². The molecule has 11 heteroatoms. The molecule has 1 aliphatic heterocycles. The van der Waals surface area contributed by atoms with Crippen molar-refractivity contribution >= 4 is 27.9 Å². The number of aliphatic hydroxyl groups is 1. The van der Waals surface area contributed by atoms with E-state index in [1.807, 2.05) is 0 Å². The highest BCUT2D eigenvalue weighted by atomic mass is 32.2. The molecule has 0 bridgehead atoms. The van der Waals surface area contributed by atoms with Gasteiger partial charge in [0.25, 0.3) is 12.4 Å². The first kappa shape index (κ1) is 19.4. The molecular formula is C17H17N5O5S. The molecule has 0 radical (unpaired) electrons. The second kappa shape index (κ2) is 7.35. The molecule has 0 saturated carbocycles. The van der Waals surface area contributed by atoms with E-state index in [-0.39, 0.29) is 17.5 Å². The minimum atomic E-state index is -4.07. The highest BCUT2D eigenvalue weighted by molar-refractivity contribution is 7.95. The quantitative estimate of drug-likeness (QED) is 0.594. The zero-order valence-corrected chi connectivity index (χ0v) is 16.1. The normalized spacial score (nSPS) is 15.6. The Morgan fingerprint density at radius 1 is 1.29 bits per heavy atom. The Labute approximate surface area is 161 Å². The van der Waals surface area contributed by atoms with Crippen molar-refractivity contribution in [3.8, 4) is 0 Å². The Morgan fingerprint density at radius 2 is 2.04 bits per heavy atom. The van der Waals surface area contributed by atoms with Crippen molar-refractivity contribution in [2.45, 2.75) is 25.3 Å². The molecule has 1 aromatic heterocycles. The summed E-state index contributed by atoms with van der Waals surface area (Å²) >= 11 is 0. The molecule has 0 saturated heterocycles. The molecule has 1 aliphatic rings. The lowest BCUT2D eigenvalue weighted by Crippen LogP contribution is -2.27. The van der Waals surface area contributed by atoms with Crippen molar-refractivity contribution in [3.63, 3.8) is 0 Å². The van der Waals surface area contributed by atoms with E-state index >= 15 is 0 Å². The van der Waals surface area contributed by atoms with E-state index in [2.05, 4.69) is 24.9 Å². The molecule has 1 N–H and O–H groups in total. The number of carbonyl (C=O) groups excluding carboxylic acids is 1. The van der Waals surface area contributed by atoms with Crippen LogP contribution in [0.3, 0.4) is 0 Å².